The Kier molecular flexibility index (Phi) is 6.10. The average Bonchev–Trinajstić information content (AvgIpc) is 2.60. The molecule has 1 fully saturated rings. The minimum atomic E-state index is 0.0137. The van der Waals surface area contributed by atoms with Gasteiger partial charge < -0.3 is 24.0 Å². The maximum atomic E-state index is 12.8. The van der Waals surface area contributed by atoms with Crippen molar-refractivity contribution in [3.63, 3.8) is 0 Å². The van der Waals surface area contributed by atoms with E-state index in [1.54, 1.807) is 38.4 Å². The number of amides is 1. The van der Waals surface area contributed by atoms with Crippen molar-refractivity contribution in [1.29, 1.82) is 0 Å². The molecular formula is C17H27N2O4+. The first-order valence-electron chi connectivity index (χ1n) is 8.07. The molecule has 6 heteroatoms. The molecule has 0 unspecified atom stereocenters. The van der Waals surface area contributed by atoms with E-state index in [4.69, 9.17) is 14.2 Å². The van der Waals surface area contributed by atoms with Gasteiger partial charge in [0.25, 0.3) is 5.91 Å². The molecule has 1 aliphatic heterocycles. The largest absolute Gasteiger partial charge is 0.493 e. The molecule has 1 aromatic carbocycles. The minimum absolute atomic E-state index is 0.0137. The monoisotopic (exact) mass is 323 g/mol. The SMILES string of the molecule is CCC[NH+]1CCN(C(=O)c2cc(OC)c(OC)c(OC)c2)CC1. The van der Waals surface area contributed by atoms with Crippen LogP contribution in [0.4, 0.5) is 0 Å². The Morgan fingerprint density at radius 1 is 1.09 bits per heavy atom. The lowest BCUT2D eigenvalue weighted by atomic mass is 10.1. The number of carbonyl (C=O) groups is 1. The molecule has 23 heavy (non-hydrogen) atoms. The van der Waals surface area contributed by atoms with Crippen LogP contribution in [-0.2, 0) is 0 Å². The van der Waals surface area contributed by atoms with Gasteiger partial charge in [0, 0.05) is 5.56 Å². The second-order valence-electron chi connectivity index (χ2n) is 5.71. The number of nitrogens with one attached hydrogen (secondary N) is 1. The van der Waals surface area contributed by atoms with Crippen LogP contribution in [0.2, 0.25) is 0 Å². The molecule has 128 valence electrons. The van der Waals surface area contributed by atoms with Gasteiger partial charge in [-0.1, -0.05) is 6.92 Å². The molecule has 0 aliphatic carbocycles. The third-order valence-electron chi connectivity index (χ3n) is 4.27. The maximum Gasteiger partial charge on any atom is 0.254 e. The Balaban J connectivity index is 2.16. The van der Waals surface area contributed by atoms with E-state index in [1.165, 1.54) is 13.0 Å². The zero-order valence-electron chi connectivity index (χ0n) is 14.5. The molecule has 0 bridgehead atoms. The Labute approximate surface area is 137 Å². The Morgan fingerprint density at radius 3 is 2.09 bits per heavy atom. The summed E-state index contributed by atoms with van der Waals surface area (Å²) in [4.78, 5) is 16.2. The van der Waals surface area contributed by atoms with Crippen molar-refractivity contribution in [2.45, 2.75) is 13.3 Å². The predicted molar refractivity (Wildman–Crippen MR) is 87.9 cm³/mol. The third kappa shape index (κ3) is 3.88. The highest BCUT2D eigenvalue weighted by Gasteiger charge is 2.26. The van der Waals surface area contributed by atoms with Crippen LogP contribution in [0.3, 0.4) is 0 Å². The zero-order valence-corrected chi connectivity index (χ0v) is 14.5. The molecule has 0 atom stereocenters. The molecule has 0 radical (unpaired) electrons. The van der Waals surface area contributed by atoms with Crippen molar-refractivity contribution < 1.29 is 23.9 Å². The topological polar surface area (TPSA) is 52.4 Å². The minimum Gasteiger partial charge on any atom is -0.493 e. The van der Waals surface area contributed by atoms with E-state index >= 15 is 0 Å². The summed E-state index contributed by atoms with van der Waals surface area (Å²) in [6, 6.07) is 3.43. The summed E-state index contributed by atoms with van der Waals surface area (Å²) in [5, 5.41) is 0. The van der Waals surface area contributed by atoms with E-state index in [1.807, 2.05) is 4.90 Å². The van der Waals surface area contributed by atoms with Gasteiger partial charge in [-0.3, -0.25) is 4.79 Å². The van der Waals surface area contributed by atoms with Crippen LogP contribution in [0.25, 0.3) is 0 Å². The number of piperazine rings is 1. The molecule has 0 aromatic heterocycles. The summed E-state index contributed by atoms with van der Waals surface area (Å²) < 4.78 is 16.0. The smallest absolute Gasteiger partial charge is 0.254 e. The van der Waals surface area contributed by atoms with Gasteiger partial charge in [0.2, 0.25) is 5.75 Å². The fourth-order valence-electron chi connectivity index (χ4n) is 3.02. The second kappa shape index (κ2) is 8.06. The van der Waals surface area contributed by atoms with E-state index in [0.717, 1.165) is 26.2 Å². The summed E-state index contributed by atoms with van der Waals surface area (Å²) in [7, 11) is 4.66. The molecule has 1 heterocycles. The van der Waals surface area contributed by atoms with Crippen LogP contribution >= 0.6 is 0 Å². The van der Waals surface area contributed by atoms with E-state index in [-0.39, 0.29) is 5.91 Å². The number of hydrogen-bond acceptors (Lipinski definition) is 4. The van der Waals surface area contributed by atoms with Crippen LogP contribution in [0.15, 0.2) is 12.1 Å². The first kappa shape index (κ1) is 17.4. The third-order valence-corrected chi connectivity index (χ3v) is 4.27. The lowest BCUT2D eigenvalue weighted by Gasteiger charge is -2.32. The van der Waals surface area contributed by atoms with Gasteiger partial charge in [-0.05, 0) is 18.6 Å². The molecule has 0 spiro atoms. The Bertz CT molecular complexity index is 514. The highest BCUT2D eigenvalue weighted by Crippen LogP contribution is 2.38. The predicted octanol–water partition coefficient (Wildman–Crippen LogP) is 0.463. The summed E-state index contributed by atoms with van der Waals surface area (Å²) >= 11 is 0. The van der Waals surface area contributed by atoms with Crippen LogP contribution < -0.4 is 19.1 Å². The molecule has 1 aromatic rings. The van der Waals surface area contributed by atoms with Crippen molar-refractivity contribution in [2.75, 3.05) is 54.1 Å². The lowest BCUT2D eigenvalue weighted by molar-refractivity contribution is -0.904. The normalized spacial score (nSPS) is 15.4. The van der Waals surface area contributed by atoms with Gasteiger partial charge in [0.15, 0.2) is 11.5 Å². The summed E-state index contributed by atoms with van der Waals surface area (Å²) in [6.07, 6.45) is 1.18. The van der Waals surface area contributed by atoms with E-state index < -0.39 is 0 Å². The van der Waals surface area contributed by atoms with Crippen molar-refractivity contribution >= 4 is 5.91 Å². The molecule has 1 saturated heterocycles. The standard InChI is InChI=1S/C17H26N2O4/c1-5-6-18-7-9-19(10-8-18)17(20)13-11-14(21-2)16(23-4)15(12-13)22-3/h11-12H,5-10H2,1-4H3/p+1. The van der Waals surface area contributed by atoms with Crippen molar-refractivity contribution in [3.05, 3.63) is 17.7 Å². The Hall–Kier alpha value is -1.95. The Morgan fingerprint density at radius 2 is 1.65 bits per heavy atom. The van der Waals surface area contributed by atoms with Gasteiger partial charge in [-0.25, -0.2) is 0 Å². The fraction of sp³-hybridized carbons (Fsp3) is 0.588. The molecular weight excluding hydrogens is 296 g/mol. The molecule has 1 N–H and O–H groups in total. The molecule has 0 saturated carbocycles. The number of nitrogens with zero attached hydrogens (tertiary/aromatic N) is 1. The van der Waals surface area contributed by atoms with E-state index in [2.05, 4.69) is 6.92 Å². The van der Waals surface area contributed by atoms with Crippen LogP contribution in [0.1, 0.15) is 23.7 Å². The molecule has 1 aliphatic rings. The summed E-state index contributed by atoms with van der Waals surface area (Å²) in [5.41, 5.74) is 0.568. The van der Waals surface area contributed by atoms with E-state index in [9.17, 15) is 4.79 Å². The van der Waals surface area contributed by atoms with Crippen LogP contribution in [0.5, 0.6) is 17.2 Å². The van der Waals surface area contributed by atoms with Crippen LogP contribution in [-0.4, -0.2) is 64.9 Å². The van der Waals surface area contributed by atoms with Crippen LogP contribution in [0, 0.1) is 0 Å². The van der Waals surface area contributed by atoms with E-state index in [0.29, 0.717) is 22.8 Å². The average molecular weight is 323 g/mol. The highest BCUT2D eigenvalue weighted by molar-refractivity contribution is 5.95. The molecule has 2 rings (SSSR count). The quantitative estimate of drug-likeness (QED) is 0.827. The number of quaternary nitrogens is 1. The highest BCUT2D eigenvalue weighted by atomic mass is 16.5. The summed E-state index contributed by atoms with van der Waals surface area (Å²) in [6.45, 7) is 6.94. The fourth-order valence-corrected chi connectivity index (χ4v) is 3.02. The van der Waals surface area contributed by atoms with Gasteiger partial charge in [0.1, 0.15) is 0 Å². The van der Waals surface area contributed by atoms with Gasteiger partial charge in [-0.2, -0.15) is 0 Å². The van der Waals surface area contributed by atoms with Gasteiger partial charge in [0.05, 0.1) is 54.1 Å². The summed E-state index contributed by atoms with van der Waals surface area (Å²) in [5.74, 6) is 1.53. The lowest BCUT2D eigenvalue weighted by Crippen LogP contribution is -3.14. The number of carbonyl (C=O) groups excluding carboxylic acids is 1. The first-order chi connectivity index (χ1) is 11.1. The molecule has 6 nitrogen and oxygen atoms in total. The van der Waals surface area contributed by atoms with Gasteiger partial charge >= 0.3 is 0 Å². The van der Waals surface area contributed by atoms with Crippen molar-refractivity contribution in [3.8, 4) is 17.2 Å². The number of ether oxygens (including phenoxy) is 3. The number of methoxy groups -OCH3 is 3. The van der Waals surface area contributed by atoms with Gasteiger partial charge in [-0.15, -0.1) is 0 Å². The second-order valence-corrected chi connectivity index (χ2v) is 5.71. The van der Waals surface area contributed by atoms with Crippen molar-refractivity contribution in [2.24, 2.45) is 0 Å². The van der Waals surface area contributed by atoms with Crippen molar-refractivity contribution in [1.82, 2.24) is 4.90 Å². The number of benzene rings is 1. The maximum absolute atomic E-state index is 12.8. The number of rotatable bonds is 6. The molecule has 1 amide bonds. The first-order valence-corrected chi connectivity index (χ1v) is 8.07. The zero-order chi connectivity index (χ0) is 16.8. The number of hydrogen-bond donors (Lipinski definition) is 1.